The number of carbonyl (C=O) groups excluding carboxylic acids is 1. The molecule has 0 spiro atoms. The third-order valence-electron chi connectivity index (χ3n) is 3.58. The summed E-state index contributed by atoms with van der Waals surface area (Å²) in [6.07, 6.45) is 3.39. The summed E-state index contributed by atoms with van der Waals surface area (Å²) in [5.74, 6) is 0.227. The second kappa shape index (κ2) is 5.44. The molecule has 7 heteroatoms. The number of urea groups is 1. The van der Waals surface area contributed by atoms with E-state index >= 15 is 0 Å². The minimum atomic E-state index is -0.324. The molecule has 2 amide bonds. The number of fused-ring (bicyclic) bond motifs is 1. The first kappa shape index (κ1) is 13.8. The number of rotatable bonds is 2. The fourth-order valence-corrected chi connectivity index (χ4v) is 3.26. The fraction of sp³-hybridized carbons (Fsp3) is 0.0625. The van der Waals surface area contributed by atoms with Gasteiger partial charge in [0.25, 0.3) is 0 Å². The van der Waals surface area contributed by atoms with Gasteiger partial charge in [-0.15, -0.1) is 11.3 Å². The van der Waals surface area contributed by atoms with Crippen molar-refractivity contribution < 1.29 is 9.18 Å². The van der Waals surface area contributed by atoms with Gasteiger partial charge in [-0.2, -0.15) is 0 Å². The van der Waals surface area contributed by atoms with Crippen molar-refractivity contribution in [3.8, 4) is 10.6 Å². The second-order valence-electron chi connectivity index (χ2n) is 5.06. The van der Waals surface area contributed by atoms with Crippen LogP contribution in [0.1, 0.15) is 5.56 Å². The highest BCUT2D eigenvalue weighted by atomic mass is 32.1. The zero-order chi connectivity index (χ0) is 15.8. The van der Waals surface area contributed by atoms with Crippen LogP contribution in [-0.4, -0.2) is 16.0 Å². The quantitative estimate of drug-likeness (QED) is 0.777. The summed E-state index contributed by atoms with van der Waals surface area (Å²) in [4.78, 5) is 22.3. The van der Waals surface area contributed by atoms with Crippen LogP contribution in [0.5, 0.6) is 0 Å². The molecule has 4 rings (SSSR count). The SMILES string of the molecule is O=C1Nc2ccc(F)cc2CN1c1csc(-c2ccncc2)n1. The van der Waals surface area contributed by atoms with Gasteiger partial charge in [0.15, 0.2) is 0 Å². The highest BCUT2D eigenvalue weighted by Crippen LogP contribution is 2.31. The Hall–Kier alpha value is -2.80. The van der Waals surface area contributed by atoms with Crippen LogP contribution in [0.25, 0.3) is 10.6 Å². The van der Waals surface area contributed by atoms with Gasteiger partial charge in [-0.05, 0) is 35.9 Å². The van der Waals surface area contributed by atoms with Crippen LogP contribution in [-0.2, 0) is 6.54 Å². The molecular weight excluding hydrogens is 315 g/mol. The number of pyridine rings is 1. The largest absolute Gasteiger partial charge is 0.327 e. The first-order valence-electron chi connectivity index (χ1n) is 6.93. The Kier molecular flexibility index (Phi) is 3.27. The average molecular weight is 326 g/mol. The summed E-state index contributed by atoms with van der Waals surface area (Å²) in [7, 11) is 0. The summed E-state index contributed by atoms with van der Waals surface area (Å²) < 4.78 is 13.4. The lowest BCUT2D eigenvalue weighted by atomic mass is 10.1. The molecule has 0 saturated heterocycles. The van der Waals surface area contributed by atoms with Crippen LogP contribution in [0.3, 0.4) is 0 Å². The summed E-state index contributed by atoms with van der Waals surface area (Å²) in [5, 5.41) is 5.38. The second-order valence-corrected chi connectivity index (χ2v) is 5.92. The maximum absolute atomic E-state index is 13.4. The Morgan fingerprint density at radius 2 is 2.04 bits per heavy atom. The Labute approximate surface area is 135 Å². The minimum Gasteiger partial charge on any atom is -0.307 e. The molecule has 1 aliphatic heterocycles. The van der Waals surface area contributed by atoms with E-state index in [2.05, 4.69) is 15.3 Å². The first-order chi connectivity index (χ1) is 11.2. The number of carbonyl (C=O) groups is 1. The molecule has 0 unspecified atom stereocenters. The number of amides is 2. The van der Waals surface area contributed by atoms with Gasteiger partial charge in [0, 0.05) is 29.0 Å². The monoisotopic (exact) mass is 326 g/mol. The van der Waals surface area contributed by atoms with Gasteiger partial charge in [0.2, 0.25) is 0 Å². The average Bonchev–Trinajstić information content (AvgIpc) is 3.05. The molecule has 1 N–H and O–H groups in total. The number of benzene rings is 1. The van der Waals surface area contributed by atoms with Crippen LogP contribution < -0.4 is 10.2 Å². The molecule has 0 fully saturated rings. The van der Waals surface area contributed by atoms with Crippen molar-refractivity contribution in [3.63, 3.8) is 0 Å². The minimum absolute atomic E-state index is 0.268. The molecule has 3 heterocycles. The molecule has 114 valence electrons. The smallest absolute Gasteiger partial charge is 0.307 e. The van der Waals surface area contributed by atoms with Crippen LogP contribution in [0.4, 0.5) is 20.7 Å². The van der Waals surface area contributed by atoms with Gasteiger partial charge in [0.1, 0.15) is 16.6 Å². The number of nitrogens with zero attached hydrogens (tertiary/aromatic N) is 3. The van der Waals surface area contributed by atoms with Crippen molar-refractivity contribution in [1.29, 1.82) is 0 Å². The first-order valence-corrected chi connectivity index (χ1v) is 7.81. The number of hydrogen-bond donors (Lipinski definition) is 1. The predicted octanol–water partition coefficient (Wildman–Crippen LogP) is 3.90. The third-order valence-corrected chi connectivity index (χ3v) is 4.46. The predicted molar refractivity (Wildman–Crippen MR) is 86.9 cm³/mol. The number of nitrogens with one attached hydrogen (secondary N) is 1. The van der Waals surface area contributed by atoms with Crippen LogP contribution in [0.2, 0.25) is 0 Å². The maximum atomic E-state index is 13.4. The lowest BCUT2D eigenvalue weighted by Crippen LogP contribution is -2.38. The molecule has 5 nitrogen and oxygen atoms in total. The van der Waals surface area contributed by atoms with Crippen molar-refractivity contribution in [2.45, 2.75) is 6.54 Å². The van der Waals surface area contributed by atoms with E-state index in [1.54, 1.807) is 18.5 Å². The Morgan fingerprint density at radius 3 is 2.87 bits per heavy atom. The molecule has 0 atom stereocenters. The van der Waals surface area contributed by atoms with Crippen molar-refractivity contribution >= 4 is 28.9 Å². The number of hydrogen-bond acceptors (Lipinski definition) is 4. The van der Waals surface area contributed by atoms with E-state index in [4.69, 9.17) is 0 Å². The van der Waals surface area contributed by atoms with E-state index in [0.29, 0.717) is 18.1 Å². The topological polar surface area (TPSA) is 58.1 Å². The number of anilines is 2. The molecular formula is C16H11FN4OS. The van der Waals surface area contributed by atoms with Crippen molar-refractivity contribution in [2.75, 3.05) is 10.2 Å². The zero-order valence-corrected chi connectivity index (χ0v) is 12.7. The number of aromatic nitrogens is 2. The van der Waals surface area contributed by atoms with Gasteiger partial charge < -0.3 is 5.32 Å². The van der Waals surface area contributed by atoms with Gasteiger partial charge in [0.05, 0.1) is 6.54 Å². The van der Waals surface area contributed by atoms with E-state index in [-0.39, 0.29) is 11.8 Å². The molecule has 0 saturated carbocycles. The molecule has 3 aromatic rings. The Morgan fingerprint density at radius 1 is 1.22 bits per heavy atom. The van der Waals surface area contributed by atoms with Gasteiger partial charge in [-0.25, -0.2) is 14.2 Å². The van der Waals surface area contributed by atoms with E-state index in [0.717, 1.165) is 16.1 Å². The summed E-state index contributed by atoms with van der Waals surface area (Å²) in [6.45, 7) is 0.290. The van der Waals surface area contributed by atoms with E-state index in [9.17, 15) is 9.18 Å². The number of thiazole rings is 1. The molecule has 0 aliphatic carbocycles. The van der Waals surface area contributed by atoms with E-state index in [1.807, 2.05) is 17.5 Å². The molecule has 1 aromatic carbocycles. The lowest BCUT2D eigenvalue weighted by molar-refractivity contribution is 0.256. The molecule has 0 bridgehead atoms. The standard InChI is InChI=1S/C16H11FN4OS/c17-12-1-2-13-11(7-12)8-21(16(22)19-13)14-9-23-15(20-14)10-3-5-18-6-4-10/h1-7,9H,8H2,(H,19,22). The summed E-state index contributed by atoms with van der Waals surface area (Å²) in [6, 6.07) is 7.80. The van der Waals surface area contributed by atoms with E-state index in [1.165, 1.54) is 28.4 Å². The lowest BCUT2D eigenvalue weighted by Gasteiger charge is -2.27. The maximum Gasteiger partial charge on any atom is 0.327 e. The molecule has 0 radical (unpaired) electrons. The molecule has 2 aromatic heterocycles. The van der Waals surface area contributed by atoms with E-state index < -0.39 is 0 Å². The summed E-state index contributed by atoms with van der Waals surface area (Å²) in [5.41, 5.74) is 2.31. The molecule has 1 aliphatic rings. The van der Waals surface area contributed by atoms with Crippen molar-refractivity contribution in [3.05, 3.63) is 59.5 Å². The van der Waals surface area contributed by atoms with Gasteiger partial charge in [-0.3, -0.25) is 9.88 Å². The third kappa shape index (κ3) is 2.55. The number of halogens is 1. The van der Waals surface area contributed by atoms with Crippen LogP contribution in [0, 0.1) is 5.82 Å². The normalized spacial score (nSPS) is 13.6. The Balaban J connectivity index is 1.66. The van der Waals surface area contributed by atoms with Crippen LogP contribution in [0.15, 0.2) is 48.1 Å². The van der Waals surface area contributed by atoms with Gasteiger partial charge in [-0.1, -0.05) is 0 Å². The highest BCUT2D eigenvalue weighted by molar-refractivity contribution is 7.13. The molecule has 23 heavy (non-hydrogen) atoms. The fourth-order valence-electron chi connectivity index (χ4n) is 2.44. The van der Waals surface area contributed by atoms with Gasteiger partial charge >= 0.3 is 6.03 Å². The van der Waals surface area contributed by atoms with Crippen molar-refractivity contribution in [2.24, 2.45) is 0 Å². The highest BCUT2D eigenvalue weighted by Gasteiger charge is 2.26. The van der Waals surface area contributed by atoms with Crippen molar-refractivity contribution in [1.82, 2.24) is 9.97 Å². The van der Waals surface area contributed by atoms with Crippen LogP contribution >= 0.6 is 11.3 Å². The zero-order valence-electron chi connectivity index (χ0n) is 11.9. The summed E-state index contributed by atoms with van der Waals surface area (Å²) >= 11 is 1.45. The Bertz CT molecular complexity index is 881.